The molecular weight excluding hydrogens is 184 g/mol. The molecule has 0 saturated heterocycles. The van der Waals surface area contributed by atoms with Gasteiger partial charge in [0.05, 0.1) is 12.0 Å². The molecule has 0 spiro atoms. The molecule has 1 rings (SSSR count). The van der Waals surface area contributed by atoms with Crippen LogP contribution in [0.1, 0.15) is 52.9 Å². The number of nitrogens with zero attached hydrogens (tertiary/aromatic N) is 2. The highest BCUT2D eigenvalue weighted by Crippen LogP contribution is 2.29. The van der Waals surface area contributed by atoms with Crippen molar-refractivity contribution in [1.82, 2.24) is 4.90 Å². The molecule has 0 aromatic carbocycles. The summed E-state index contributed by atoms with van der Waals surface area (Å²) in [6, 6.07) is 3.64. The Morgan fingerprint density at radius 1 is 1.33 bits per heavy atom. The molecule has 0 bridgehead atoms. The van der Waals surface area contributed by atoms with Gasteiger partial charge in [0.15, 0.2) is 0 Å². The summed E-state index contributed by atoms with van der Waals surface area (Å²) in [5, 5.41) is 9.18. The molecule has 0 aromatic rings. The lowest BCUT2D eigenvalue weighted by Gasteiger charge is -2.40. The maximum atomic E-state index is 9.18. The van der Waals surface area contributed by atoms with E-state index >= 15 is 0 Å². The molecule has 1 aliphatic carbocycles. The lowest BCUT2D eigenvalue weighted by Crippen LogP contribution is -2.46. The third-order valence-electron chi connectivity index (χ3n) is 3.84. The minimum atomic E-state index is 0.271. The molecule has 1 saturated carbocycles. The van der Waals surface area contributed by atoms with E-state index in [9.17, 15) is 5.26 Å². The molecule has 3 atom stereocenters. The van der Waals surface area contributed by atoms with E-state index in [4.69, 9.17) is 0 Å². The van der Waals surface area contributed by atoms with Crippen LogP contribution in [0.25, 0.3) is 0 Å². The number of hydrogen-bond acceptors (Lipinski definition) is 2. The van der Waals surface area contributed by atoms with Gasteiger partial charge in [0, 0.05) is 12.1 Å². The van der Waals surface area contributed by atoms with Crippen LogP contribution in [0.3, 0.4) is 0 Å². The Kier molecular flexibility index (Phi) is 5.11. The Labute approximate surface area is 94.3 Å². The highest BCUT2D eigenvalue weighted by atomic mass is 15.2. The summed E-state index contributed by atoms with van der Waals surface area (Å²) in [5.41, 5.74) is 0. The second kappa shape index (κ2) is 6.12. The fourth-order valence-corrected chi connectivity index (χ4v) is 2.77. The van der Waals surface area contributed by atoms with Crippen molar-refractivity contribution >= 4 is 0 Å². The Morgan fingerprint density at radius 3 is 2.53 bits per heavy atom. The first-order valence-corrected chi connectivity index (χ1v) is 6.39. The van der Waals surface area contributed by atoms with Crippen molar-refractivity contribution in [2.24, 2.45) is 5.92 Å². The van der Waals surface area contributed by atoms with Crippen molar-refractivity contribution in [3.05, 3.63) is 0 Å². The first kappa shape index (κ1) is 12.5. The predicted octanol–water partition coefficient (Wildman–Crippen LogP) is 3.19. The average molecular weight is 208 g/mol. The number of rotatable bonds is 4. The molecule has 1 fully saturated rings. The molecule has 15 heavy (non-hydrogen) atoms. The van der Waals surface area contributed by atoms with E-state index in [1.807, 2.05) is 0 Å². The van der Waals surface area contributed by atoms with Gasteiger partial charge >= 0.3 is 0 Å². The molecular formula is C13H24N2. The maximum absolute atomic E-state index is 9.18. The van der Waals surface area contributed by atoms with Gasteiger partial charge in [-0.05, 0) is 32.7 Å². The van der Waals surface area contributed by atoms with E-state index < -0.39 is 0 Å². The van der Waals surface area contributed by atoms with E-state index in [2.05, 4.69) is 31.7 Å². The second-order valence-corrected chi connectivity index (χ2v) is 4.68. The summed E-state index contributed by atoms with van der Waals surface area (Å²) in [6.07, 6.45) is 6.05. The molecule has 3 unspecified atom stereocenters. The van der Waals surface area contributed by atoms with Crippen molar-refractivity contribution in [1.29, 1.82) is 5.26 Å². The van der Waals surface area contributed by atoms with Crippen LogP contribution in [-0.2, 0) is 0 Å². The second-order valence-electron chi connectivity index (χ2n) is 4.68. The molecule has 0 aliphatic heterocycles. The third kappa shape index (κ3) is 2.95. The van der Waals surface area contributed by atoms with E-state index in [0.29, 0.717) is 12.1 Å². The van der Waals surface area contributed by atoms with E-state index in [1.54, 1.807) is 0 Å². The fourth-order valence-electron chi connectivity index (χ4n) is 2.77. The minimum Gasteiger partial charge on any atom is -0.297 e. The lowest BCUT2D eigenvalue weighted by molar-refractivity contribution is 0.0921. The third-order valence-corrected chi connectivity index (χ3v) is 3.84. The van der Waals surface area contributed by atoms with Gasteiger partial charge in [0.25, 0.3) is 0 Å². The van der Waals surface area contributed by atoms with Crippen LogP contribution in [0.15, 0.2) is 0 Å². The summed E-state index contributed by atoms with van der Waals surface area (Å²) in [7, 11) is 0. The van der Waals surface area contributed by atoms with Crippen LogP contribution in [0, 0.1) is 17.2 Å². The van der Waals surface area contributed by atoms with Gasteiger partial charge in [-0.15, -0.1) is 0 Å². The standard InChI is InChI=1S/C13H24N2/c1-4-11(3)15(5-2)13-9-7-6-8-12(13)10-14/h11-13H,4-9H2,1-3H3. The monoisotopic (exact) mass is 208 g/mol. The first-order chi connectivity index (χ1) is 7.24. The summed E-state index contributed by atoms with van der Waals surface area (Å²) in [4.78, 5) is 2.53. The SMILES string of the molecule is CCC(C)N(CC)C1CCCCC1C#N. The zero-order chi connectivity index (χ0) is 11.3. The maximum Gasteiger partial charge on any atom is 0.0672 e. The molecule has 0 amide bonds. The summed E-state index contributed by atoms with van der Waals surface area (Å²) >= 11 is 0. The summed E-state index contributed by atoms with van der Waals surface area (Å²) < 4.78 is 0. The first-order valence-electron chi connectivity index (χ1n) is 6.39. The quantitative estimate of drug-likeness (QED) is 0.709. The molecule has 2 nitrogen and oxygen atoms in total. The van der Waals surface area contributed by atoms with Gasteiger partial charge in [0.2, 0.25) is 0 Å². The molecule has 0 N–H and O–H groups in total. The smallest absolute Gasteiger partial charge is 0.0672 e. The summed E-state index contributed by atoms with van der Waals surface area (Å²) in [6.45, 7) is 7.82. The van der Waals surface area contributed by atoms with Crippen LogP contribution >= 0.6 is 0 Å². The van der Waals surface area contributed by atoms with Crippen LogP contribution in [0.5, 0.6) is 0 Å². The van der Waals surface area contributed by atoms with Crippen LogP contribution in [0.2, 0.25) is 0 Å². The Hall–Kier alpha value is -0.550. The highest BCUT2D eigenvalue weighted by molar-refractivity contribution is 4.96. The normalized spacial score (nSPS) is 28.7. The van der Waals surface area contributed by atoms with Crippen molar-refractivity contribution in [2.75, 3.05) is 6.54 Å². The molecule has 0 radical (unpaired) electrons. The largest absolute Gasteiger partial charge is 0.297 e. The van der Waals surface area contributed by atoms with Gasteiger partial charge in [-0.3, -0.25) is 4.90 Å². The molecule has 2 heteroatoms. The summed E-state index contributed by atoms with van der Waals surface area (Å²) in [5.74, 6) is 0.271. The fraction of sp³-hybridized carbons (Fsp3) is 0.923. The Balaban J connectivity index is 2.68. The lowest BCUT2D eigenvalue weighted by atomic mass is 9.83. The minimum absolute atomic E-state index is 0.271. The predicted molar refractivity (Wildman–Crippen MR) is 63.5 cm³/mol. The molecule has 0 aromatic heterocycles. The van der Waals surface area contributed by atoms with Crippen molar-refractivity contribution in [3.63, 3.8) is 0 Å². The van der Waals surface area contributed by atoms with Gasteiger partial charge in [-0.1, -0.05) is 26.7 Å². The number of hydrogen-bond donors (Lipinski definition) is 0. The van der Waals surface area contributed by atoms with Gasteiger partial charge in [0.1, 0.15) is 0 Å². The topological polar surface area (TPSA) is 27.0 Å². The van der Waals surface area contributed by atoms with E-state index in [0.717, 1.165) is 13.0 Å². The van der Waals surface area contributed by atoms with Crippen LogP contribution < -0.4 is 0 Å². The van der Waals surface area contributed by atoms with Gasteiger partial charge < -0.3 is 0 Å². The van der Waals surface area contributed by atoms with E-state index in [1.165, 1.54) is 25.7 Å². The van der Waals surface area contributed by atoms with Crippen LogP contribution in [0.4, 0.5) is 0 Å². The van der Waals surface area contributed by atoms with Gasteiger partial charge in [-0.25, -0.2) is 0 Å². The average Bonchev–Trinajstić information content (AvgIpc) is 2.30. The zero-order valence-corrected chi connectivity index (χ0v) is 10.4. The molecule has 0 heterocycles. The zero-order valence-electron chi connectivity index (χ0n) is 10.4. The van der Waals surface area contributed by atoms with E-state index in [-0.39, 0.29) is 5.92 Å². The van der Waals surface area contributed by atoms with Crippen molar-refractivity contribution < 1.29 is 0 Å². The van der Waals surface area contributed by atoms with Gasteiger partial charge in [-0.2, -0.15) is 5.26 Å². The molecule has 86 valence electrons. The van der Waals surface area contributed by atoms with Crippen molar-refractivity contribution in [3.8, 4) is 6.07 Å². The van der Waals surface area contributed by atoms with Crippen LogP contribution in [-0.4, -0.2) is 23.5 Å². The molecule has 1 aliphatic rings. The van der Waals surface area contributed by atoms with Crippen molar-refractivity contribution in [2.45, 2.75) is 65.0 Å². The Morgan fingerprint density at radius 2 is 2.00 bits per heavy atom. The number of nitriles is 1. The Bertz CT molecular complexity index is 219. The highest BCUT2D eigenvalue weighted by Gasteiger charge is 2.31.